The lowest BCUT2D eigenvalue weighted by molar-refractivity contribution is -0.137. The lowest BCUT2D eigenvalue weighted by Crippen LogP contribution is -2.07. The molecule has 0 bridgehead atoms. The molecule has 0 amide bonds. The van der Waals surface area contributed by atoms with E-state index in [1.165, 1.54) is 0 Å². The maximum atomic E-state index is 12.4. The van der Waals surface area contributed by atoms with E-state index >= 15 is 0 Å². The molecule has 0 aliphatic carbocycles. The first-order valence-corrected chi connectivity index (χ1v) is 5.10. The van der Waals surface area contributed by atoms with E-state index in [2.05, 4.69) is 0 Å². The SMILES string of the molecule is Cc1c(I)cc(C(F)(F)F)cc1[CH]C=O. The number of hydrogen-bond acceptors (Lipinski definition) is 1. The van der Waals surface area contributed by atoms with Crippen molar-refractivity contribution in [2.75, 3.05) is 0 Å². The Hall–Kier alpha value is -0.590. The van der Waals surface area contributed by atoms with E-state index in [9.17, 15) is 18.0 Å². The molecule has 0 spiro atoms. The first-order chi connectivity index (χ1) is 6.86. The van der Waals surface area contributed by atoms with Crippen molar-refractivity contribution in [1.82, 2.24) is 0 Å². The van der Waals surface area contributed by atoms with Gasteiger partial charge in [0.05, 0.1) is 12.0 Å². The Labute approximate surface area is 98.8 Å². The third kappa shape index (κ3) is 2.93. The monoisotopic (exact) mass is 327 g/mol. The quantitative estimate of drug-likeness (QED) is 0.601. The predicted molar refractivity (Wildman–Crippen MR) is 58.4 cm³/mol. The highest BCUT2D eigenvalue weighted by molar-refractivity contribution is 14.1. The molecule has 1 aromatic carbocycles. The van der Waals surface area contributed by atoms with Crippen molar-refractivity contribution in [3.05, 3.63) is 38.8 Å². The highest BCUT2D eigenvalue weighted by Crippen LogP contribution is 2.32. The maximum Gasteiger partial charge on any atom is 0.416 e. The van der Waals surface area contributed by atoms with Gasteiger partial charge in [-0.3, -0.25) is 0 Å². The summed E-state index contributed by atoms with van der Waals surface area (Å²) < 4.78 is 37.7. The third-order valence-corrected chi connectivity index (χ3v) is 3.08. The van der Waals surface area contributed by atoms with Gasteiger partial charge in [0, 0.05) is 3.57 Å². The zero-order chi connectivity index (χ0) is 11.6. The second-order valence-corrected chi connectivity index (χ2v) is 4.13. The van der Waals surface area contributed by atoms with Crippen molar-refractivity contribution in [2.24, 2.45) is 0 Å². The fourth-order valence-corrected chi connectivity index (χ4v) is 1.76. The van der Waals surface area contributed by atoms with Crippen LogP contribution in [-0.4, -0.2) is 6.29 Å². The first-order valence-electron chi connectivity index (χ1n) is 4.02. The average Bonchev–Trinajstić information content (AvgIpc) is 2.11. The Kier molecular flexibility index (Phi) is 3.75. The second-order valence-electron chi connectivity index (χ2n) is 2.97. The normalized spacial score (nSPS) is 11.5. The number of hydrogen-bond donors (Lipinski definition) is 0. The molecule has 1 aromatic rings. The summed E-state index contributed by atoms with van der Waals surface area (Å²) in [6, 6.07) is 2.05. The number of aldehydes is 1. The Morgan fingerprint density at radius 1 is 1.33 bits per heavy atom. The summed E-state index contributed by atoms with van der Waals surface area (Å²) in [6.07, 6.45) is -2.76. The Bertz CT molecular complexity index is 385. The van der Waals surface area contributed by atoms with Gasteiger partial charge in [-0.05, 0) is 52.8 Å². The molecule has 1 radical (unpaired) electrons. The van der Waals surface area contributed by atoms with E-state index < -0.39 is 11.7 Å². The van der Waals surface area contributed by atoms with E-state index in [1.807, 2.05) is 22.6 Å². The summed E-state index contributed by atoms with van der Waals surface area (Å²) in [5.74, 6) is 0. The van der Waals surface area contributed by atoms with Crippen LogP contribution in [0.1, 0.15) is 16.7 Å². The molecule has 81 valence electrons. The Balaban J connectivity index is 3.29. The van der Waals surface area contributed by atoms with E-state index in [4.69, 9.17) is 0 Å². The van der Waals surface area contributed by atoms with Crippen LogP contribution in [0.2, 0.25) is 0 Å². The summed E-state index contributed by atoms with van der Waals surface area (Å²) >= 11 is 1.82. The van der Waals surface area contributed by atoms with Crippen LogP contribution in [0.3, 0.4) is 0 Å². The van der Waals surface area contributed by atoms with Gasteiger partial charge in [0.1, 0.15) is 6.29 Å². The lowest BCUT2D eigenvalue weighted by Gasteiger charge is -2.11. The molecule has 0 aliphatic heterocycles. The van der Waals surface area contributed by atoms with Gasteiger partial charge in [-0.15, -0.1) is 0 Å². The zero-order valence-electron chi connectivity index (χ0n) is 7.73. The van der Waals surface area contributed by atoms with Gasteiger partial charge in [-0.25, -0.2) is 0 Å². The molecule has 0 unspecified atom stereocenters. The minimum Gasteiger partial charge on any atom is -0.303 e. The predicted octanol–water partition coefficient (Wildman–Crippen LogP) is 3.37. The number of halogens is 4. The third-order valence-electron chi connectivity index (χ3n) is 1.96. The maximum absolute atomic E-state index is 12.4. The number of benzene rings is 1. The molecule has 1 rings (SSSR count). The van der Waals surface area contributed by atoms with Crippen LogP contribution in [0.4, 0.5) is 13.2 Å². The minimum absolute atomic E-state index is 0.309. The Morgan fingerprint density at radius 2 is 1.93 bits per heavy atom. The molecule has 0 fully saturated rings. The van der Waals surface area contributed by atoms with Crippen LogP contribution >= 0.6 is 22.6 Å². The van der Waals surface area contributed by atoms with Gasteiger partial charge in [-0.2, -0.15) is 13.2 Å². The van der Waals surface area contributed by atoms with Crippen LogP contribution in [0.15, 0.2) is 12.1 Å². The van der Waals surface area contributed by atoms with E-state index in [0.717, 1.165) is 18.6 Å². The van der Waals surface area contributed by atoms with E-state index in [-0.39, 0.29) is 0 Å². The fraction of sp³-hybridized carbons (Fsp3) is 0.200. The van der Waals surface area contributed by atoms with Gasteiger partial charge in [0.15, 0.2) is 0 Å². The number of carbonyl (C=O) groups excluding carboxylic acids is 1. The standard InChI is InChI=1S/C10H7F3IO/c1-6-7(2-3-15)4-8(5-9(6)14)10(11,12)13/h2-5H,1H3. The van der Waals surface area contributed by atoms with E-state index in [0.29, 0.717) is 21.0 Å². The average molecular weight is 327 g/mol. The van der Waals surface area contributed by atoms with Crippen molar-refractivity contribution in [3.8, 4) is 0 Å². The van der Waals surface area contributed by atoms with Gasteiger partial charge in [-0.1, -0.05) is 0 Å². The topological polar surface area (TPSA) is 17.1 Å². The molecular weight excluding hydrogens is 320 g/mol. The minimum atomic E-state index is -4.38. The molecule has 0 aliphatic rings. The van der Waals surface area contributed by atoms with Crippen LogP contribution < -0.4 is 0 Å². The lowest BCUT2D eigenvalue weighted by atomic mass is 10.0. The highest BCUT2D eigenvalue weighted by atomic mass is 127. The molecule has 0 aromatic heterocycles. The number of rotatable bonds is 2. The zero-order valence-corrected chi connectivity index (χ0v) is 9.89. The van der Waals surface area contributed by atoms with Crippen molar-refractivity contribution in [3.63, 3.8) is 0 Å². The van der Waals surface area contributed by atoms with Crippen molar-refractivity contribution >= 4 is 28.9 Å². The molecule has 0 heterocycles. The highest BCUT2D eigenvalue weighted by Gasteiger charge is 2.31. The molecule has 5 heteroatoms. The molecule has 15 heavy (non-hydrogen) atoms. The van der Waals surface area contributed by atoms with Gasteiger partial charge < -0.3 is 4.79 Å². The Morgan fingerprint density at radius 3 is 2.40 bits per heavy atom. The summed E-state index contributed by atoms with van der Waals surface area (Å²) in [7, 11) is 0. The molecule has 0 N–H and O–H groups in total. The van der Waals surface area contributed by atoms with Crippen molar-refractivity contribution < 1.29 is 18.0 Å². The molecule has 1 nitrogen and oxygen atoms in total. The van der Waals surface area contributed by atoms with E-state index in [1.54, 1.807) is 6.92 Å². The number of carbonyl (C=O) groups is 1. The fourth-order valence-electron chi connectivity index (χ4n) is 1.11. The molecular formula is C10H7F3IO. The smallest absolute Gasteiger partial charge is 0.303 e. The molecule has 0 atom stereocenters. The summed E-state index contributed by atoms with van der Waals surface area (Å²) in [5.41, 5.74) is 0.255. The number of alkyl halides is 3. The van der Waals surface area contributed by atoms with Crippen LogP contribution in [-0.2, 0) is 11.0 Å². The second kappa shape index (κ2) is 4.51. The van der Waals surface area contributed by atoms with Gasteiger partial charge in [0.25, 0.3) is 0 Å². The van der Waals surface area contributed by atoms with Crippen molar-refractivity contribution in [2.45, 2.75) is 13.1 Å². The van der Waals surface area contributed by atoms with Crippen LogP contribution in [0.25, 0.3) is 0 Å². The molecule has 0 saturated heterocycles. The first kappa shape index (κ1) is 12.5. The van der Waals surface area contributed by atoms with Crippen molar-refractivity contribution in [1.29, 1.82) is 0 Å². The van der Waals surface area contributed by atoms with Gasteiger partial charge in [0.2, 0.25) is 0 Å². The van der Waals surface area contributed by atoms with Crippen LogP contribution in [0, 0.1) is 16.9 Å². The molecule has 0 saturated carbocycles. The van der Waals surface area contributed by atoms with Gasteiger partial charge >= 0.3 is 6.18 Å². The largest absolute Gasteiger partial charge is 0.416 e. The summed E-state index contributed by atoms with van der Waals surface area (Å²) in [6.45, 7) is 1.68. The summed E-state index contributed by atoms with van der Waals surface area (Å²) in [4.78, 5) is 10.3. The summed E-state index contributed by atoms with van der Waals surface area (Å²) in [5, 5.41) is 0. The van der Waals surface area contributed by atoms with Crippen LogP contribution in [0.5, 0.6) is 0 Å².